The Morgan fingerprint density at radius 2 is 1.75 bits per heavy atom. The van der Waals surface area contributed by atoms with Crippen LogP contribution in [0, 0.1) is 11.3 Å². The van der Waals surface area contributed by atoms with Crippen molar-refractivity contribution in [1.29, 1.82) is 5.26 Å². The van der Waals surface area contributed by atoms with Crippen LogP contribution < -0.4 is 8.61 Å². The zero-order valence-electron chi connectivity index (χ0n) is 15.4. The van der Waals surface area contributed by atoms with Gasteiger partial charge in [0.15, 0.2) is 0 Å². The van der Waals surface area contributed by atoms with Gasteiger partial charge in [0.1, 0.15) is 0 Å². The molecule has 0 radical (unpaired) electrons. The molecule has 28 heavy (non-hydrogen) atoms. The molecule has 0 aliphatic carbocycles. The highest BCUT2D eigenvalue weighted by Crippen LogP contribution is 2.42. The number of para-hydroxylation sites is 2. The molecular weight excluding hydrogens is 376 g/mol. The Morgan fingerprint density at radius 1 is 1.07 bits per heavy atom. The van der Waals surface area contributed by atoms with Gasteiger partial charge >= 0.3 is 10.2 Å². The summed E-state index contributed by atoms with van der Waals surface area (Å²) in [5, 5.41) is 9.02. The fraction of sp³-hybridized carbons (Fsp3) is 0.300. The standard InChI is InChI=1S/C20H20N4O3S/c1-22-18-7-2-3-8-19(18)24(28(22,26)27)17-9-11-23(12-10-17)20(25)16-6-4-5-15(13-16)14-21/h2-8,13,17H,9-12H2,1H3. The van der Waals surface area contributed by atoms with E-state index in [0.29, 0.717) is 48.4 Å². The molecule has 7 nitrogen and oxygen atoms in total. The molecule has 8 heteroatoms. The lowest BCUT2D eigenvalue weighted by Crippen LogP contribution is -2.49. The maximum atomic E-state index is 12.9. The van der Waals surface area contributed by atoms with Crippen LogP contribution in [0.15, 0.2) is 48.5 Å². The summed E-state index contributed by atoms with van der Waals surface area (Å²) < 4.78 is 28.6. The van der Waals surface area contributed by atoms with Crippen LogP contribution in [0.4, 0.5) is 11.4 Å². The number of rotatable bonds is 2. The quantitative estimate of drug-likeness (QED) is 0.780. The van der Waals surface area contributed by atoms with Crippen LogP contribution in [0.1, 0.15) is 28.8 Å². The second-order valence-electron chi connectivity index (χ2n) is 6.98. The molecule has 144 valence electrons. The van der Waals surface area contributed by atoms with Crippen molar-refractivity contribution in [3.8, 4) is 6.07 Å². The number of likely N-dealkylation sites (tertiary alicyclic amines) is 1. The van der Waals surface area contributed by atoms with Crippen molar-refractivity contribution >= 4 is 27.5 Å². The summed E-state index contributed by atoms with van der Waals surface area (Å²) in [4.78, 5) is 14.5. The average Bonchev–Trinajstić information content (AvgIpc) is 2.93. The van der Waals surface area contributed by atoms with Crippen LogP contribution in [0.25, 0.3) is 0 Å². The second-order valence-corrected chi connectivity index (χ2v) is 8.81. The smallest absolute Gasteiger partial charge is 0.326 e. The van der Waals surface area contributed by atoms with Gasteiger partial charge in [-0.3, -0.25) is 9.10 Å². The largest absolute Gasteiger partial charge is 0.338 e. The highest BCUT2D eigenvalue weighted by Gasteiger charge is 2.43. The summed E-state index contributed by atoms with van der Waals surface area (Å²) in [5.41, 5.74) is 2.30. The van der Waals surface area contributed by atoms with E-state index in [2.05, 4.69) is 0 Å². The van der Waals surface area contributed by atoms with E-state index in [0.717, 1.165) is 0 Å². The number of carbonyl (C=O) groups is 1. The first kappa shape index (κ1) is 18.3. The molecule has 2 heterocycles. The van der Waals surface area contributed by atoms with Crippen LogP contribution in [0.5, 0.6) is 0 Å². The second kappa shape index (κ2) is 6.84. The van der Waals surface area contributed by atoms with Gasteiger partial charge < -0.3 is 4.90 Å². The van der Waals surface area contributed by atoms with Gasteiger partial charge in [0.2, 0.25) is 0 Å². The fourth-order valence-electron chi connectivity index (χ4n) is 3.89. The first-order valence-electron chi connectivity index (χ1n) is 9.10. The van der Waals surface area contributed by atoms with Gasteiger partial charge in [0.05, 0.1) is 29.0 Å². The molecule has 1 fully saturated rings. The Bertz CT molecular complexity index is 1070. The summed E-state index contributed by atoms with van der Waals surface area (Å²) >= 11 is 0. The third kappa shape index (κ3) is 2.88. The summed E-state index contributed by atoms with van der Waals surface area (Å²) in [6, 6.07) is 15.8. The molecule has 0 unspecified atom stereocenters. The first-order valence-corrected chi connectivity index (χ1v) is 10.5. The lowest BCUT2D eigenvalue weighted by atomic mass is 10.0. The van der Waals surface area contributed by atoms with Crippen molar-refractivity contribution in [3.05, 3.63) is 59.7 Å². The van der Waals surface area contributed by atoms with Crippen molar-refractivity contribution in [2.45, 2.75) is 18.9 Å². The van der Waals surface area contributed by atoms with Crippen molar-refractivity contribution in [1.82, 2.24) is 4.90 Å². The van der Waals surface area contributed by atoms with E-state index in [4.69, 9.17) is 5.26 Å². The number of hydrogen-bond donors (Lipinski definition) is 0. The van der Waals surface area contributed by atoms with E-state index in [1.807, 2.05) is 24.3 Å². The molecule has 2 aromatic carbocycles. The Morgan fingerprint density at radius 3 is 2.43 bits per heavy atom. The van der Waals surface area contributed by atoms with E-state index in [-0.39, 0.29) is 11.9 Å². The van der Waals surface area contributed by atoms with Gasteiger partial charge in [-0.05, 0) is 43.2 Å². The highest BCUT2D eigenvalue weighted by molar-refractivity contribution is 7.94. The third-order valence-corrected chi connectivity index (χ3v) is 7.26. The van der Waals surface area contributed by atoms with Gasteiger partial charge in [0, 0.05) is 25.7 Å². The van der Waals surface area contributed by atoms with E-state index >= 15 is 0 Å². The molecular formula is C20H20N4O3S. The molecule has 2 aromatic rings. The number of benzene rings is 2. The molecule has 0 bridgehead atoms. The van der Waals surface area contributed by atoms with Crippen molar-refractivity contribution in [3.63, 3.8) is 0 Å². The van der Waals surface area contributed by atoms with E-state index in [9.17, 15) is 13.2 Å². The van der Waals surface area contributed by atoms with Crippen LogP contribution in [-0.2, 0) is 10.2 Å². The summed E-state index contributed by atoms with van der Waals surface area (Å²) in [5.74, 6) is -0.127. The Labute approximate surface area is 164 Å². The number of hydrogen-bond acceptors (Lipinski definition) is 4. The minimum absolute atomic E-state index is 0.127. The minimum Gasteiger partial charge on any atom is -0.338 e. The predicted octanol–water partition coefficient (Wildman–Crippen LogP) is 2.36. The molecule has 1 amide bonds. The Hall–Kier alpha value is -3.05. The maximum Gasteiger partial charge on any atom is 0.326 e. The molecule has 0 spiro atoms. The first-order chi connectivity index (χ1) is 13.4. The predicted molar refractivity (Wildman–Crippen MR) is 106 cm³/mol. The number of carbonyl (C=O) groups excluding carboxylic acids is 1. The molecule has 1 saturated heterocycles. The zero-order valence-corrected chi connectivity index (χ0v) is 16.3. The van der Waals surface area contributed by atoms with Gasteiger partial charge in [-0.2, -0.15) is 13.7 Å². The molecule has 2 aliphatic rings. The maximum absolute atomic E-state index is 12.9. The lowest BCUT2D eigenvalue weighted by molar-refractivity contribution is 0.0716. The summed E-state index contributed by atoms with van der Waals surface area (Å²) in [6.45, 7) is 0.941. The third-order valence-electron chi connectivity index (χ3n) is 5.38. The Balaban J connectivity index is 1.52. The molecule has 4 rings (SSSR count). The Kier molecular flexibility index (Phi) is 4.47. The van der Waals surface area contributed by atoms with Crippen LogP contribution in [0.2, 0.25) is 0 Å². The van der Waals surface area contributed by atoms with Crippen LogP contribution in [-0.4, -0.2) is 45.4 Å². The van der Waals surface area contributed by atoms with Crippen molar-refractivity contribution in [2.75, 3.05) is 28.7 Å². The SMILES string of the molecule is CN1c2ccccc2N(C2CCN(C(=O)c3cccc(C#N)c3)CC2)S1(=O)=O. The van der Waals surface area contributed by atoms with E-state index < -0.39 is 10.2 Å². The molecule has 0 saturated carbocycles. The fourth-order valence-corrected chi connectivity index (χ4v) is 5.55. The van der Waals surface area contributed by atoms with Crippen molar-refractivity contribution in [2.24, 2.45) is 0 Å². The number of nitriles is 1. The van der Waals surface area contributed by atoms with Crippen LogP contribution >= 0.6 is 0 Å². The molecule has 0 aromatic heterocycles. The number of anilines is 2. The number of fused-ring (bicyclic) bond motifs is 1. The number of piperidine rings is 1. The lowest BCUT2D eigenvalue weighted by Gasteiger charge is -2.36. The van der Waals surface area contributed by atoms with E-state index in [1.54, 1.807) is 42.3 Å². The average molecular weight is 396 g/mol. The monoisotopic (exact) mass is 396 g/mol. The molecule has 0 N–H and O–H groups in total. The summed E-state index contributed by atoms with van der Waals surface area (Å²) in [6.07, 6.45) is 1.12. The molecule has 0 atom stereocenters. The highest BCUT2D eigenvalue weighted by atomic mass is 32.2. The number of amides is 1. The topological polar surface area (TPSA) is 84.7 Å². The van der Waals surface area contributed by atoms with Crippen molar-refractivity contribution < 1.29 is 13.2 Å². The minimum atomic E-state index is -3.60. The molecule has 2 aliphatic heterocycles. The number of nitrogens with zero attached hydrogens (tertiary/aromatic N) is 4. The van der Waals surface area contributed by atoms with E-state index in [1.165, 1.54) is 8.61 Å². The van der Waals surface area contributed by atoms with Gasteiger partial charge in [-0.25, -0.2) is 4.31 Å². The van der Waals surface area contributed by atoms with Crippen LogP contribution in [0.3, 0.4) is 0 Å². The van der Waals surface area contributed by atoms with Gasteiger partial charge in [-0.1, -0.05) is 18.2 Å². The normalized spacial score (nSPS) is 18.6. The summed E-state index contributed by atoms with van der Waals surface area (Å²) in [7, 11) is -2.03. The van der Waals surface area contributed by atoms with Gasteiger partial charge in [-0.15, -0.1) is 0 Å². The van der Waals surface area contributed by atoms with Gasteiger partial charge in [0.25, 0.3) is 5.91 Å². The zero-order chi connectivity index (χ0) is 19.9.